The van der Waals surface area contributed by atoms with Gasteiger partial charge in [0.25, 0.3) is 0 Å². The fourth-order valence-electron chi connectivity index (χ4n) is 1.52. The Labute approximate surface area is 112 Å². The first-order valence-corrected chi connectivity index (χ1v) is 6.49. The summed E-state index contributed by atoms with van der Waals surface area (Å²) in [5.41, 5.74) is 1.77. The van der Waals surface area contributed by atoms with Crippen molar-refractivity contribution in [1.29, 1.82) is 0 Å². The summed E-state index contributed by atoms with van der Waals surface area (Å²) in [5.74, 6) is 0. The van der Waals surface area contributed by atoms with Crippen LogP contribution in [0, 0.1) is 0 Å². The van der Waals surface area contributed by atoms with Gasteiger partial charge < -0.3 is 4.74 Å². The van der Waals surface area contributed by atoms with Gasteiger partial charge in [-0.25, -0.2) is 0 Å². The molecular formula is C11H16BrF3N2O. The van der Waals surface area contributed by atoms with Crippen molar-refractivity contribution in [3.8, 4) is 0 Å². The molecule has 0 radical (unpaired) electrons. The lowest BCUT2D eigenvalue weighted by atomic mass is 10.3. The summed E-state index contributed by atoms with van der Waals surface area (Å²) < 4.78 is 43.5. The molecule has 7 heteroatoms. The van der Waals surface area contributed by atoms with Crippen LogP contribution in [0.3, 0.4) is 0 Å². The molecule has 0 aliphatic carbocycles. The fourth-order valence-corrected chi connectivity index (χ4v) is 2.25. The van der Waals surface area contributed by atoms with Gasteiger partial charge in [0.2, 0.25) is 0 Å². The summed E-state index contributed by atoms with van der Waals surface area (Å²) in [6.07, 6.45) is -4.13. The van der Waals surface area contributed by atoms with Crippen LogP contribution in [0.5, 0.6) is 0 Å². The molecule has 0 aliphatic rings. The molecule has 3 nitrogen and oxygen atoms in total. The number of aromatic nitrogens is 2. The minimum Gasteiger partial charge on any atom is -0.375 e. The van der Waals surface area contributed by atoms with Gasteiger partial charge in [-0.05, 0) is 28.8 Å². The lowest BCUT2D eigenvalue weighted by Crippen LogP contribution is -2.09. The van der Waals surface area contributed by atoms with Crippen LogP contribution in [0.2, 0.25) is 0 Å². The van der Waals surface area contributed by atoms with Crippen molar-refractivity contribution >= 4 is 15.9 Å². The van der Waals surface area contributed by atoms with E-state index in [0.29, 0.717) is 0 Å². The number of hydrogen-bond donors (Lipinski definition) is 0. The maximum absolute atomic E-state index is 11.9. The standard InChI is InChI=1S/C11H16BrF3N2O/c1-3-8-10(12)9(17(2)16-8)7-18-6-4-5-11(13,14)15/h3-7H2,1-2H3. The smallest absolute Gasteiger partial charge is 0.375 e. The van der Waals surface area contributed by atoms with E-state index in [-0.39, 0.29) is 19.6 Å². The highest BCUT2D eigenvalue weighted by Crippen LogP contribution is 2.23. The molecule has 0 saturated carbocycles. The summed E-state index contributed by atoms with van der Waals surface area (Å²) in [7, 11) is 1.79. The van der Waals surface area contributed by atoms with Gasteiger partial charge in [0.05, 0.1) is 22.5 Å². The third-order valence-corrected chi connectivity index (χ3v) is 3.41. The molecule has 104 valence electrons. The highest BCUT2D eigenvalue weighted by atomic mass is 79.9. The Morgan fingerprint density at radius 2 is 2.06 bits per heavy atom. The molecule has 0 saturated heterocycles. The number of alkyl halides is 3. The van der Waals surface area contributed by atoms with Crippen LogP contribution in [0.4, 0.5) is 13.2 Å². The van der Waals surface area contributed by atoms with Crippen molar-refractivity contribution in [2.24, 2.45) is 7.05 Å². The van der Waals surface area contributed by atoms with Gasteiger partial charge >= 0.3 is 6.18 Å². The van der Waals surface area contributed by atoms with Crippen molar-refractivity contribution < 1.29 is 17.9 Å². The van der Waals surface area contributed by atoms with E-state index in [4.69, 9.17) is 4.74 Å². The lowest BCUT2D eigenvalue weighted by Gasteiger charge is -2.07. The molecule has 0 bridgehead atoms. The number of rotatable bonds is 6. The largest absolute Gasteiger partial charge is 0.389 e. The quantitative estimate of drug-likeness (QED) is 0.746. The van der Waals surface area contributed by atoms with Crippen LogP contribution in [0.15, 0.2) is 4.47 Å². The maximum Gasteiger partial charge on any atom is 0.389 e. The Kier molecular flexibility index (Phi) is 5.65. The molecule has 0 amide bonds. The first kappa shape index (κ1) is 15.5. The average molecular weight is 329 g/mol. The molecule has 1 heterocycles. The van der Waals surface area contributed by atoms with Crippen LogP contribution in [-0.2, 0) is 24.8 Å². The van der Waals surface area contributed by atoms with E-state index < -0.39 is 12.6 Å². The third-order valence-electron chi connectivity index (χ3n) is 2.49. The molecule has 1 rings (SSSR count). The number of aryl methyl sites for hydroxylation is 2. The normalized spacial score (nSPS) is 12.1. The van der Waals surface area contributed by atoms with Gasteiger partial charge in [-0.3, -0.25) is 4.68 Å². The summed E-state index contributed by atoms with van der Waals surface area (Å²) in [6, 6.07) is 0. The van der Waals surface area contributed by atoms with Gasteiger partial charge in [-0.15, -0.1) is 0 Å². The molecule has 0 N–H and O–H groups in total. The van der Waals surface area contributed by atoms with Gasteiger partial charge in [-0.2, -0.15) is 18.3 Å². The van der Waals surface area contributed by atoms with Crippen molar-refractivity contribution in [3.05, 3.63) is 15.9 Å². The molecule has 0 fully saturated rings. The van der Waals surface area contributed by atoms with Crippen LogP contribution in [-0.4, -0.2) is 22.6 Å². The monoisotopic (exact) mass is 328 g/mol. The Bertz CT molecular complexity index is 390. The van der Waals surface area contributed by atoms with Gasteiger partial charge in [-0.1, -0.05) is 6.92 Å². The second-order valence-corrected chi connectivity index (χ2v) is 4.75. The van der Waals surface area contributed by atoms with Gasteiger partial charge in [0, 0.05) is 20.1 Å². The summed E-state index contributed by atoms with van der Waals surface area (Å²) in [4.78, 5) is 0. The van der Waals surface area contributed by atoms with Crippen LogP contribution >= 0.6 is 15.9 Å². The zero-order valence-corrected chi connectivity index (χ0v) is 11.9. The van der Waals surface area contributed by atoms with E-state index >= 15 is 0 Å². The summed E-state index contributed by atoms with van der Waals surface area (Å²) in [5, 5.41) is 4.28. The number of halogens is 4. The molecule has 0 aliphatic heterocycles. The summed E-state index contributed by atoms with van der Waals surface area (Å²) in [6.45, 7) is 2.35. The predicted octanol–water partition coefficient (Wildman–Crippen LogP) is 3.60. The van der Waals surface area contributed by atoms with Crippen LogP contribution in [0.1, 0.15) is 31.2 Å². The third kappa shape index (κ3) is 4.61. The minimum atomic E-state index is -4.11. The number of ether oxygens (including phenoxy) is 1. The molecular weight excluding hydrogens is 313 g/mol. The summed E-state index contributed by atoms with van der Waals surface area (Å²) >= 11 is 3.42. The van der Waals surface area contributed by atoms with Gasteiger partial charge in [0.15, 0.2) is 0 Å². The second-order valence-electron chi connectivity index (χ2n) is 3.96. The van der Waals surface area contributed by atoms with E-state index in [2.05, 4.69) is 21.0 Å². The van der Waals surface area contributed by atoms with E-state index in [0.717, 1.165) is 22.3 Å². The van der Waals surface area contributed by atoms with Crippen molar-refractivity contribution in [2.75, 3.05) is 6.61 Å². The van der Waals surface area contributed by atoms with Crippen LogP contribution in [0.25, 0.3) is 0 Å². The molecule has 0 unspecified atom stereocenters. The molecule has 1 aromatic rings. The maximum atomic E-state index is 11.9. The first-order valence-electron chi connectivity index (χ1n) is 5.70. The van der Waals surface area contributed by atoms with E-state index in [1.54, 1.807) is 11.7 Å². The number of nitrogens with zero attached hydrogens (tertiary/aromatic N) is 2. The van der Waals surface area contributed by atoms with E-state index in [1.807, 2.05) is 6.92 Å². The Hall–Kier alpha value is -0.560. The highest BCUT2D eigenvalue weighted by molar-refractivity contribution is 9.10. The molecule has 0 atom stereocenters. The van der Waals surface area contributed by atoms with Gasteiger partial charge in [0.1, 0.15) is 0 Å². The zero-order chi connectivity index (χ0) is 13.8. The molecule has 0 aromatic carbocycles. The van der Waals surface area contributed by atoms with Crippen molar-refractivity contribution in [3.63, 3.8) is 0 Å². The SMILES string of the molecule is CCc1nn(C)c(COCCCC(F)(F)F)c1Br. The Morgan fingerprint density at radius 1 is 1.39 bits per heavy atom. The second kappa shape index (κ2) is 6.56. The Balaban J connectivity index is 2.38. The topological polar surface area (TPSA) is 27.1 Å². The molecule has 1 aromatic heterocycles. The predicted molar refractivity (Wildman–Crippen MR) is 65.2 cm³/mol. The minimum absolute atomic E-state index is 0.0143. The van der Waals surface area contributed by atoms with E-state index in [1.165, 1.54) is 0 Å². The van der Waals surface area contributed by atoms with Crippen molar-refractivity contribution in [2.45, 2.75) is 39.0 Å². The molecule has 0 spiro atoms. The Morgan fingerprint density at radius 3 is 2.56 bits per heavy atom. The van der Waals surface area contributed by atoms with E-state index in [9.17, 15) is 13.2 Å². The van der Waals surface area contributed by atoms with Crippen LogP contribution < -0.4 is 0 Å². The zero-order valence-electron chi connectivity index (χ0n) is 10.4. The first-order chi connectivity index (χ1) is 8.35. The van der Waals surface area contributed by atoms with Crippen molar-refractivity contribution in [1.82, 2.24) is 9.78 Å². The fraction of sp³-hybridized carbons (Fsp3) is 0.727. The molecule has 18 heavy (non-hydrogen) atoms. The lowest BCUT2D eigenvalue weighted by molar-refractivity contribution is -0.138. The average Bonchev–Trinajstić information content (AvgIpc) is 2.53. The highest BCUT2D eigenvalue weighted by Gasteiger charge is 2.26. The number of hydrogen-bond acceptors (Lipinski definition) is 2.